The van der Waals surface area contributed by atoms with Crippen LogP contribution in [0.3, 0.4) is 0 Å². The average molecular weight is 345 g/mol. The van der Waals surface area contributed by atoms with Gasteiger partial charge in [0.15, 0.2) is 11.5 Å². The second-order valence-electron chi connectivity index (χ2n) is 5.96. The largest absolute Gasteiger partial charge is 0.454 e. The molecule has 7 heteroatoms. The average Bonchev–Trinajstić information content (AvgIpc) is 3.29. The zero-order valence-corrected chi connectivity index (χ0v) is 14.3. The molecule has 1 amide bonds. The fourth-order valence-electron chi connectivity index (χ4n) is 3.07. The lowest BCUT2D eigenvalue weighted by molar-refractivity contribution is 0.0702. The number of hydrogen-bond acceptors (Lipinski definition) is 6. The van der Waals surface area contributed by atoms with Gasteiger partial charge in [-0.2, -0.15) is 0 Å². The standard InChI is InChI=1S/C17H19N3O3S/c1-18-12-4-6-20(7-5-12)17(21)13-9-24-16(19-13)11-2-3-14-15(8-11)23-10-22-14/h2-3,8-9,12,18H,4-7,10H2,1H3. The van der Waals surface area contributed by atoms with E-state index in [0.717, 1.165) is 48.0 Å². The Kier molecular flexibility index (Phi) is 4.12. The predicted molar refractivity (Wildman–Crippen MR) is 91.7 cm³/mol. The molecule has 0 atom stereocenters. The number of amides is 1. The van der Waals surface area contributed by atoms with Crippen LogP contribution in [0, 0.1) is 0 Å². The molecule has 1 saturated heterocycles. The third-order valence-electron chi connectivity index (χ3n) is 4.53. The molecular weight excluding hydrogens is 326 g/mol. The molecule has 0 unspecified atom stereocenters. The van der Waals surface area contributed by atoms with Crippen LogP contribution in [-0.4, -0.2) is 48.8 Å². The molecule has 2 aliphatic heterocycles. The van der Waals surface area contributed by atoms with Crippen LogP contribution in [-0.2, 0) is 0 Å². The number of ether oxygens (including phenoxy) is 2. The maximum atomic E-state index is 12.6. The predicted octanol–water partition coefficient (Wildman–Crippen LogP) is 2.36. The number of nitrogens with one attached hydrogen (secondary N) is 1. The van der Waals surface area contributed by atoms with E-state index in [1.54, 1.807) is 0 Å². The fraction of sp³-hybridized carbons (Fsp3) is 0.412. The lowest BCUT2D eigenvalue weighted by Crippen LogP contribution is -2.44. The summed E-state index contributed by atoms with van der Waals surface area (Å²) < 4.78 is 10.7. The van der Waals surface area contributed by atoms with Crippen LogP contribution in [0.4, 0.5) is 0 Å². The number of hydrogen-bond donors (Lipinski definition) is 1. The van der Waals surface area contributed by atoms with E-state index in [1.807, 2.05) is 35.5 Å². The summed E-state index contributed by atoms with van der Waals surface area (Å²) in [4.78, 5) is 19.1. The molecule has 2 aromatic rings. The Balaban J connectivity index is 1.49. The molecule has 1 N–H and O–H groups in total. The van der Waals surface area contributed by atoms with E-state index >= 15 is 0 Å². The molecule has 0 spiro atoms. The Labute approximate surface area is 144 Å². The first-order valence-electron chi connectivity index (χ1n) is 8.06. The third kappa shape index (κ3) is 2.85. The van der Waals surface area contributed by atoms with Gasteiger partial charge in [-0.1, -0.05) is 0 Å². The van der Waals surface area contributed by atoms with Crippen LogP contribution >= 0.6 is 11.3 Å². The molecule has 126 valence electrons. The van der Waals surface area contributed by atoms with Gasteiger partial charge in [0.05, 0.1) is 0 Å². The summed E-state index contributed by atoms with van der Waals surface area (Å²) >= 11 is 1.48. The number of carbonyl (C=O) groups is 1. The van der Waals surface area contributed by atoms with E-state index in [0.29, 0.717) is 11.7 Å². The van der Waals surface area contributed by atoms with Crippen molar-refractivity contribution in [2.75, 3.05) is 26.9 Å². The Morgan fingerprint density at radius 3 is 2.88 bits per heavy atom. The van der Waals surface area contributed by atoms with E-state index in [9.17, 15) is 4.79 Å². The molecule has 3 heterocycles. The van der Waals surface area contributed by atoms with Gasteiger partial charge in [-0.15, -0.1) is 11.3 Å². The van der Waals surface area contributed by atoms with Gasteiger partial charge in [0.1, 0.15) is 10.7 Å². The van der Waals surface area contributed by atoms with Crippen LogP contribution in [0.25, 0.3) is 10.6 Å². The SMILES string of the molecule is CNC1CCN(C(=O)c2csc(-c3ccc4c(c3)OCO4)n2)CC1. The first-order valence-corrected chi connectivity index (χ1v) is 8.94. The molecular formula is C17H19N3O3S. The minimum atomic E-state index is 0.0211. The highest BCUT2D eigenvalue weighted by Crippen LogP contribution is 2.36. The van der Waals surface area contributed by atoms with Gasteiger partial charge in [0.25, 0.3) is 5.91 Å². The lowest BCUT2D eigenvalue weighted by Gasteiger charge is -2.31. The molecule has 2 aliphatic rings. The Bertz CT molecular complexity index is 753. The highest BCUT2D eigenvalue weighted by atomic mass is 32.1. The van der Waals surface area contributed by atoms with Crippen molar-refractivity contribution in [2.24, 2.45) is 0 Å². The third-order valence-corrected chi connectivity index (χ3v) is 5.42. The van der Waals surface area contributed by atoms with Gasteiger partial charge in [0.2, 0.25) is 6.79 Å². The summed E-state index contributed by atoms with van der Waals surface area (Å²) in [5.41, 5.74) is 1.47. The zero-order valence-electron chi connectivity index (χ0n) is 13.4. The van der Waals surface area contributed by atoms with Crippen molar-refractivity contribution < 1.29 is 14.3 Å². The molecule has 0 aliphatic carbocycles. The number of piperidine rings is 1. The fourth-order valence-corrected chi connectivity index (χ4v) is 3.86. The Hall–Kier alpha value is -2.12. The van der Waals surface area contributed by atoms with Crippen molar-refractivity contribution in [1.29, 1.82) is 0 Å². The molecule has 6 nitrogen and oxygen atoms in total. The monoisotopic (exact) mass is 345 g/mol. The second-order valence-corrected chi connectivity index (χ2v) is 6.82. The minimum Gasteiger partial charge on any atom is -0.454 e. The van der Waals surface area contributed by atoms with Gasteiger partial charge >= 0.3 is 0 Å². The maximum Gasteiger partial charge on any atom is 0.273 e. The summed E-state index contributed by atoms with van der Waals surface area (Å²) in [6, 6.07) is 6.24. The van der Waals surface area contributed by atoms with Crippen molar-refractivity contribution in [3.05, 3.63) is 29.3 Å². The highest BCUT2D eigenvalue weighted by Gasteiger charge is 2.24. The van der Waals surface area contributed by atoms with Gasteiger partial charge in [-0.05, 0) is 38.1 Å². The normalized spacial score (nSPS) is 17.3. The molecule has 1 fully saturated rings. The lowest BCUT2D eigenvalue weighted by atomic mass is 10.1. The van der Waals surface area contributed by atoms with Gasteiger partial charge in [-0.3, -0.25) is 4.79 Å². The number of thiazole rings is 1. The molecule has 1 aromatic carbocycles. The van der Waals surface area contributed by atoms with Crippen LogP contribution in [0.2, 0.25) is 0 Å². The van der Waals surface area contributed by atoms with Gasteiger partial charge < -0.3 is 19.7 Å². The first-order chi connectivity index (χ1) is 11.7. The smallest absolute Gasteiger partial charge is 0.273 e. The van der Waals surface area contributed by atoms with E-state index in [4.69, 9.17) is 9.47 Å². The molecule has 0 bridgehead atoms. The molecule has 24 heavy (non-hydrogen) atoms. The number of nitrogens with zero attached hydrogens (tertiary/aromatic N) is 2. The number of rotatable bonds is 3. The van der Waals surface area contributed by atoms with Crippen LogP contribution in [0.1, 0.15) is 23.3 Å². The van der Waals surface area contributed by atoms with Crippen LogP contribution in [0.5, 0.6) is 11.5 Å². The summed E-state index contributed by atoms with van der Waals surface area (Å²) in [7, 11) is 1.97. The summed E-state index contributed by atoms with van der Waals surface area (Å²) in [6.07, 6.45) is 1.97. The quantitative estimate of drug-likeness (QED) is 0.925. The first kappa shape index (κ1) is 15.4. The number of benzene rings is 1. The molecule has 4 rings (SSSR count). The van der Waals surface area contributed by atoms with E-state index < -0.39 is 0 Å². The summed E-state index contributed by atoms with van der Waals surface area (Å²) in [5.74, 6) is 1.50. The number of likely N-dealkylation sites (tertiary alicyclic amines) is 1. The molecule has 1 aromatic heterocycles. The zero-order chi connectivity index (χ0) is 16.5. The van der Waals surface area contributed by atoms with Crippen molar-refractivity contribution >= 4 is 17.2 Å². The number of aromatic nitrogens is 1. The van der Waals surface area contributed by atoms with E-state index in [-0.39, 0.29) is 12.7 Å². The van der Waals surface area contributed by atoms with Gasteiger partial charge in [0, 0.05) is 30.1 Å². The van der Waals surface area contributed by atoms with Crippen molar-refractivity contribution in [2.45, 2.75) is 18.9 Å². The van der Waals surface area contributed by atoms with Crippen molar-refractivity contribution in [1.82, 2.24) is 15.2 Å². The summed E-state index contributed by atoms with van der Waals surface area (Å²) in [5, 5.41) is 5.94. The highest BCUT2D eigenvalue weighted by molar-refractivity contribution is 7.13. The maximum absolute atomic E-state index is 12.6. The second kappa shape index (κ2) is 6.41. The van der Waals surface area contributed by atoms with Crippen molar-refractivity contribution in [3.63, 3.8) is 0 Å². The number of carbonyl (C=O) groups excluding carboxylic acids is 1. The Morgan fingerprint density at radius 1 is 1.29 bits per heavy atom. The van der Waals surface area contributed by atoms with Gasteiger partial charge in [-0.25, -0.2) is 4.98 Å². The Morgan fingerprint density at radius 2 is 2.08 bits per heavy atom. The minimum absolute atomic E-state index is 0.0211. The topological polar surface area (TPSA) is 63.7 Å². The van der Waals surface area contributed by atoms with Crippen LogP contribution in [0.15, 0.2) is 23.6 Å². The summed E-state index contributed by atoms with van der Waals surface area (Å²) in [6.45, 7) is 1.81. The van der Waals surface area contributed by atoms with E-state index in [1.165, 1.54) is 11.3 Å². The van der Waals surface area contributed by atoms with Crippen molar-refractivity contribution in [3.8, 4) is 22.1 Å². The molecule has 0 radical (unpaired) electrons. The molecule has 0 saturated carbocycles. The van der Waals surface area contributed by atoms with Crippen LogP contribution < -0.4 is 14.8 Å². The number of fused-ring (bicyclic) bond motifs is 1. The van der Waals surface area contributed by atoms with E-state index in [2.05, 4.69) is 10.3 Å².